The molecular weight excluding hydrogens is 500 g/mol. The standard InChI is InChI=1S/C27H30O5S3/c1-20-15-17-21(18-16-20)24(19-25(28)33-27(2,3)4)26(34(29,30)22-11-7-5-8-12-22)35(31,32)23-13-9-6-10-14-23/h5-18,24,26H,19H2,1-4H3/t24-/m0/s1. The number of benzene rings is 3. The van der Waals surface area contributed by atoms with Crippen molar-refractivity contribution < 1.29 is 21.6 Å². The lowest BCUT2D eigenvalue weighted by molar-refractivity contribution is -0.111. The van der Waals surface area contributed by atoms with E-state index in [4.69, 9.17) is 0 Å². The Morgan fingerprint density at radius 1 is 0.743 bits per heavy atom. The van der Waals surface area contributed by atoms with E-state index in [1.54, 1.807) is 60.7 Å². The minimum atomic E-state index is -4.40. The molecule has 0 aromatic heterocycles. The molecule has 3 aromatic rings. The minimum absolute atomic E-state index is 0.0995. The Labute approximate surface area is 212 Å². The van der Waals surface area contributed by atoms with Gasteiger partial charge in [-0.05, 0) is 36.8 Å². The van der Waals surface area contributed by atoms with Gasteiger partial charge in [0.25, 0.3) is 0 Å². The summed E-state index contributed by atoms with van der Waals surface area (Å²) in [5, 5.41) is -0.264. The molecule has 0 saturated heterocycles. The first-order valence-electron chi connectivity index (χ1n) is 11.2. The molecule has 5 nitrogen and oxygen atoms in total. The van der Waals surface area contributed by atoms with Crippen molar-refractivity contribution in [2.75, 3.05) is 0 Å². The van der Waals surface area contributed by atoms with E-state index in [1.165, 1.54) is 24.3 Å². The Morgan fingerprint density at radius 3 is 1.57 bits per heavy atom. The van der Waals surface area contributed by atoms with Crippen molar-refractivity contribution in [1.82, 2.24) is 0 Å². The highest BCUT2D eigenvalue weighted by atomic mass is 32.3. The summed E-state index contributed by atoms with van der Waals surface area (Å²) in [5.74, 6) is -1.10. The van der Waals surface area contributed by atoms with Crippen LogP contribution in [0.4, 0.5) is 0 Å². The molecule has 8 heteroatoms. The third-order valence-corrected chi connectivity index (χ3v) is 11.7. The third kappa shape index (κ3) is 6.63. The number of carbonyl (C=O) groups is 1. The van der Waals surface area contributed by atoms with Crippen LogP contribution in [0.5, 0.6) is 0 Å². The van der Waals surface area contributed by atoms with Crippen molar-refractivity contribution in [2.45, 2.75) is 59.2 Å². The molecule has 3 rings (SSSR count). The quantitative estimate of drug-likeness (QED) is 0.366. The Hall–Kier alpha value is -2.42. The fourth-order valence-corrected chi connectivity index (χ4v) is 9.76. The number of rotatable bonds is 8. The molecule has 186 valence electrons. The molecule has 0 aliphatic carbocycles. The second kappa shape index (κ2) is 10.7. The van der Waals surface area contributed by atoms with E-state index >= 15 is 0 Å². The van der Waals surface area contributed by atoms with Crippen LogP contribution >= 0.6 is 11.8 Å². The highest BCUT2D eigenvalue weighted by Crippen LogP contribution is 2.40. The molecule has 0 spiro atoms. The van der Waals surface area contributed by atoms with Gasteiger partial charge in [0.15, 0.2) is 29.4 Å². The van der Waals surface area contributed by atoms with Crippen molar-refractivity contribution >= 4 is 36.6 Å². The van der Waals surface area contributed by atoms with Crippen LogP contribution in [0.3, 0.4) is 0 Å². The summed E-state index contributed by atoms with van der Waals surface area (Å²) in [6.07, 6.45) is -0.242. The molecule has 0 bridgehead atoms. The smallest absolute Gasteiger partial charge is 0.196 e. The van der Waals surface area contributed by atoms with E-state index in [2.05, 4.69) is 0 Å². The van der Waals surface area contributed by atoms with E-state index in [0.717, 1.165) is 17.3 Å². The first kappa shape index (κ1) is 27.2. The lowest BCUT2D eigenvalue weighted by Gasteiger charge is -2.28. The number of hydrogen-bond acceptors (Lipinski definition) is 6. The lowest BCUT2D eigenvalue weighted by Crippen LogP contribution is -2.37. The second-order valence-electron chi connectivity index (χ2n) is 9.39. The van der Waals surface area contributed by atoms with Gasteiger partial charge in [0.2, 0.25) is 0 Å². The Kier molecular flexibility index (Phi) is 8.29. The van der Waals surface area contributed by atoms with Crippen molar-refractivity contribution in [3.63, 3.8) is 0 Å². The molecule has 0 heterocycles. The summed E-state index contributed by atoms with van der Waals surface area (Å²) in [4.78, 5) is 12.9. The maximum Gasteiger partial charge on any atom is 0.196 e. The summed E-state index contributed by atoms with van der Waals surface area (Å²) >= 11 is 1.08. The first-order valence-corrected chi connectivity index (χ1v) is 15.1. The van der Waals surface area contributed by atoms with Gasteiger partial charge in [-0.3, -0.25) is 4.79 Å². The topological polar surface area (TPSA) is 85.3 Å². The molecule has 35 heavy (non-hydrogen) atoms. The lowest BCUT2D eigenvalue weighted by atomic mass is 9.97. The second-order valence-corrected chi connectivity index (χ2v) is 15.7. The van der Waals surface area contributed by atoms with Crippen LogP contribution in [0.25, 0.3) is 0 Å². The molecule has 0 amide bonds. The predicted molar refractivity (Wildman–Crippen MR) is 142 cm³/mol. The molecule has 0 N–H and O–H groups in total. The van der Waals surface area contributed by atoms with Crippen molar-refractivity contribution in [1.29, 1.82) is 0 Å². The number of aryl methyl sites for hydroxylation is 1. The summed E-state index contributed by atoms with van der Waals surface area (Å²) in [6, 6.07) is 22.1. The summed E-state index contributed by atoms with van der Waals surface area (Å²) < 4.78 is 53.7. The third-order valence-electron chi connectivity index (χ3n) is 5.40. The fourth-order valence-electron chi connectivity index (χ4n) is 3.84. The molecular formula is C27H30O5S3. The highest BCUT2D eigenvalue weighted by Gasteiger charge is 2.47. The average molecular weight is 531 g/mol. The molecule has 3 aromatic carbocycles. The highest BCUT2D eigenvalue weighted by molar-refractivity contribution is 8.14. The maximum absolute atomic E-state index is 14.0. The van der Waals surface area contributed by atoms with Crippen molar-refractivity contribution in [2.24, 2.45) is 0 Å². The molecule has 0 fully saturated rings. The molecule has 0 aliphatic heterocycles. The summed E-state index contributed by atoms with van der Waals surface area (Å²) in [6.45, 7) is 7.54. The average Bonchev–Trinajstić information content (AvgIpc) is 2.79. The van der Waals surface area contributed by atoms with Gasteiger partial charge < -0.3 is 0 Å². The number of carbonyl (C=O) groups excluding carboxylic acids is 1. The van der Waals surface area contributed by atoms with Gasteiger partial charge in [-0.1, -0.05) is 98.8 Å². The van der Waals surface area contributed by atoms with Crippen LogP contribution in [-0.4, -0.2) is 31.3 Å². The maximum atomic E-state index is 14.0. The van der Waals surface area contributed by atoms with Crippen LogP contribution in [-0.2, 0) is 24.5 Å². The zero-order valence-electron chi connectivity index (χ0n) is 20.2. The molecule has 1 atom stereocenters. The SMILES string of the molecule is Cc1ccc([C@H](CC(=O)SC(C)(C)C)C(S(=O)(=O)c2ccccc2)S(=O)(=O)c2ccccc2)cc1. The normalized spacial score (nSPS) is 13.5. The Morgan fingerprint density at radius 2 is 1.17 bits per heavy atom. The van der Waals surface area contributed by atoms with Crippen LogP contribution < -0.4 is 0 Å². The molecule has 0 aliphatic rings. The zero-order valence-corrected chi connectivity index (χ0v) is 22.7. The van der Waals surface area contributed by atoms with Gasteiger partial charge in [-0.2, -0.15) is 0 Å². The molecule has 0 saturated carbocycles. The van der Waals surface area contributed by atoms with Crippen molar-refractivity contribution in [3.05, 3.63) is 96.1 Å². The summed E-state index contributed by atoms with van der Waals surface area (Å²) in [5.41, 5.74) is 1.43. The van der Waals surface area contributed by atoms with Gasteiger partial charge in [0.05, 0.1) is 9.79 Å². The van der Waals surface area contributed by atoms with E-state index in [9.17, 15) is 21.6 Å². The van der Waals surface area contributed by atoms with Crippen LogP contribution in [0.1, 0.15) is 44.2 Å². The zero-order chi connectivity index (χ0) is 25.9. The number of sulfone groups is 2. The predicted octanol–water partition coefficient (Wildman–Crippen LogP) is 5.80. The van der Waals surface area contributed by atoms with Gasteiger partial charge in [-0.15, -0.1) is 0 Å². The number of thioether (sulfide) groups is 1. The monoisotopic (exact) mass is 530 g/mol. The van der Waals surface area contributed by atoms with Gasteiger partial charge in [0, 0.05) is 17.1 Å². The van der Waals surface area contributed by atoms with Crippen LogP contribution in [0, 0.1) is 6.92 Å². The van der Waals surface area contributed by atoms with Crippen molar-refractivity contribution in [3.8, 4) is 0 Å². The van der Waals surface area contributed by atoms with Crippen LogP contribution in [0.2, 0.25) is 0 Å². The Bertz CT molecular complexity index is 1290. The first-order chi connectivity index (χ1) is 16.3. The largest absolute Gasteiger partial charge is 0.287 e. The summed E-state index contributed by atoms with van der Waals surface area (Å²) in [7, 11) is -8.81. The van der Waals surface area contributed by atoms with Crippen LogP contribution in [0.15, 0.2) is 94.7 Å². The van der Waals surface area contributed by atoms with E-state index in [-0.39, 0.29) is 21.3 Å². The molecule has 0 unspecified atom stereocenters. The fraction of sp³-hybridized carbons (Fsp3) is 0.296. The van der Waals surface area contributed by atoms with E-state index in [0.29, 0.717) is 5.56 Å². The van der Waals surface area contributed by atoms with E-state index < -0.39 is 34.9 Å². The number of hydrogen-bond donors (Lipinski definition) is 0. The van der Waals surface area contributed by atoms with Gasteiger partial charge >= 0.3 is 0 Å². The van der Waals surface area contributed by atoms with Gasteiger partial charge in [0.1, 0.15) is 0 Å². The van der Waals surface area contributed by atoms with E-state index in [1.807, 2.05) is 27.7 Å². The van der Waals surface area contributed by atoms with Gasteiger partial charge in [-0.25, -0.2) is 16.8 Å². The molecule has 0 radical (unpaired) electrons. The Balaban J connectivity index is 2.27. The minimum Gasteiger partial charge on any atom is -0.287 e.